The van der Waals surface area contributed by atoms with Gasteiger partial charge in [-0.15, -0.1) is 0 Å². The number of hydrogen-bond acceptors (Lipinski definition) is 0. The molecule has 0 bridgehead atoms. The van der Waals surface area contributed by atoms with Gasteiger partial charge >= 0.3 is 0 Å². The topological polar surface area (TPSA) is 0 Å². The number of unbranched alkanes of at least 4 members (excludes halogenated alkanes) is 3. The summed E-state index contributed by atoms with van der Waals surface area (Å²) in [6.07, 6.45) is 6.40. The zero-order chi connectivity index (χ0) is 7.66. The largest absolute Gasteiger partial charge is 0.0985 e. The van der Waals surface area contributed by atoms with E-state index in [0.29, 0.717) is 0 Å². The van der Waals surface area contributed by atoms with E-state index >= 15 is 0 Å². The van der Waals surface area contributed by atoms with Gasteiger partial charge in [0, 0.05) is 12.0 Å². The second-order valence-corrected chi connectivity index (χ2v) is 2.32. The van der Waals surface area contributed by atoms with Gasteiger partial charge in [-0.05, 0) is 12.5 Å². The van der Waals surface area contributed by atoms with E-state index < -0.39 is 0 Å². The molecule has 0 heterocycles. The molecule has 0 spiro atoms. The molecule has 0 saturated heterocycles. The van der Waals surface area contributed by atoms with E-state index in [4.69, 9.17) is 11.6 Å². The number of allylic oxidation sites excluding steroid dienone is 1. The summed E-state index contributed by atoms with van der Waals surface area (Å²) in [6.45, 7) is 2.19. The Morgan fingerprint density at radius 3 is 2.80 bits per heavy atom. The van der Waals surface area contributed by atoms with Gasteiger partial charge in [-0.25, -0.2) is 0 Å². The fraction of sp³-hybridized carbons (Fsp3) is 0.556. The summed E-state index contributed by atoms with van der Waals surface area (Å²) in [4.78, 5) is 0. The molecule has 0 atom stereocenters. The molecule has 0 saturated carbocycles. The van der Waals surface area contributed by atoms with Gasteiger partial charge in [0.15, 0.2) is 0 Å². The van der Waals surface area contributed by atoms with Crippen LogP contribution < -0.4 is 0 Å². The highest BCUT2D eigenvalue weighted by Gasteiger charge is 1.78. The Hall–Kier alpha value is -0.410. The molecule has 0 nitrogen and oxygen atoms in total. The van der Waals surface area contributed by atoms with Crippen molar-refractivity contribution in [2.24, 2.45) is 0 Å². The first kappa shape index (κ1) is 9.59. The molecule has 0 N–H and O–H groups in total. The minimum absolute atomic E-state index is 0.995. The van der Waals surface area contributed by atoms with Gasteiger partial charge < -0.3 is 0 Å². The Kier molecular flexibility index (Phi) is 8.24. The monoisotopic (exact) mass is 156 g/mol. The molecule has 56 valence electrons. The third-order valence-electron chi connectivity index (χ3n) is 1.15. The van der Waals surface area contributed by atoms with E-state index in [1.54, 1.807) is 6.08 Å². The highest BCUT2D eigenvalue weighted by molar-refractivity contribution is 6.25. The zero-order valence-corrected chi connectivity index (χ0v) is 7.12. The summed E-state index contributed by atoms with van der Waals surface area (Å²) in [7, 11) is 0. The van der Waals surface area contributed by atoms with Gasteiger partial charge in [0.05, 0.1) is 0 Å². The van der Waals surface area contributed by atoms with E-state index in [9.17, 15) is 0 Å². The fourth-order valence-corrected chi connectivity index (χ4v) is 0.689. The van der Waals surface area contributed by atoms with Crippen LogP contribution in [0.25, 0.3) is 0 Å². The van der Waals surface area contributed by atoms with Gasteiger partial charge in [0.25, 0.3) is 0 Å². The molecule has 0 fully saturated rings. The summed E-state index contributed by atoms with van der Waals surface area (Å²) < 4.78 is 0. The van der Waals surface area contributed by atoms with E-state index in [1.807, 2.05) is 0 Å². The summed E-state index contributed by atoms with van der Waals surface area (Å²) in [5, 5.41) is 0. The molecule has 0 aliphatic heterocycles. The molecular weight excluding hydrogens is 144 g/mol. The molecule has 0 rings (SSSR count). The molecule has 0 unspecified atom stereocenters. The quantitative estimate of drug-likeness (QED) is 0.435. The highest BCUT2D eigenvalue weighted by atomic mass is 35.5. The summed E-state index contributed by atoms with van der Waals surface area (Å²) in [5.41, 5.74) is 1.44. The number of hydrogen-bond donors (Lipinski definition) is 0. The average molecular weight is 157 g/mol. The van der Waals surface area contributed by atoms with Crippen molar-refractivity contribution in [3.63, 3.8) is 0 Å². The molecule has 0 aromatic rings. The van der Waals surface area contributed by atoms with Crippen LogP contribution in [0.3, 0.4) is 0 Å². The second-order valence-electron chi connectivity index (χ2n) is 2.07. The van der Waals surface area contributed by atoms with E-state index in [0.717, 1.165) is 6.42 Å². The Morgan fingerprint density at radius 1 is 1.40 bits per heavy atom. The van der Waals surface area contributed by atoms with Crippen LogP contribution >= 0.6 is 11.6 Å². The van der Waals surface area contributed by atoms with Crippen LogP contribution in [0.4, 0.5) is 0 Å². The van der Waals surface area contributed by atoms with Crippen molar-refractivity contribution in [3.8, 4) is 11.8 Å². The van der Waals surface area contributed by atoms with Gasteiger partial charge in [-0.1, -0.05) is 43.2 Å². The van der Waals surface area contributed by atoms with Crippen molar-refractivity contribution in [1.82, 2.24) is 0 Å². The van der Waals surface area contributed by atoms with Crippen LogP contribution in [0.1, 0.15) is 32.6 Å². The van der Waals surface area contributed by atoms with Crippen LogP contribution in [0.5, 0.6) is 0 Å². The molecule has 1 heteroatoms. The van der Waals surface area contributed by atoms with Crippen molar-refractivity contribution in [2.45, 2.75) is 32.6 Å². The predicted molar refractivity (Wildman–Crippen MR) is 46.9 cm³/mol. The first-order chi connectivity index (χ1) is 4.91. The van der Waals surface area contributed by atoms with Crippen LogP contribution in [-0.2, 0) is 0 Å². The first-order valence-electron chi connectivity index (χ1n) is 3.65. The fourth-order valence-electron chi connectivity index (χ4n) is 0.626. The second kappa shape index (κ2) is 8.59. The lowest BCUT2D eigenvalue weighted by Crippen LogP contribution is -1.69. The molecule has 10 heavy (non-hydrogen) atoms. The normalized spacial score (nSPS) is 9.40. The maximum absolute atomic E-state index is 5.26. The molecule has 0 aliphatic rings. The molecule has 0 radical (unpaired) electrons. The predicted octanol–water partition coefficient (Wildman–Crippen LogP) is 3.32. The lowest BCUT2D eigenvalue weighted by Gasteiger charge is -1.86. The molecule has 0 amide bonds. The summed E-state index contributed by atoms with van der Waals surface area (Å²) in [5.74, 6) is 5.83. The van der Waals surface area contributed by atoms with Gasteiger partial charge in [0.1, 0.15) is 0 Å². The summed E-state index contributed by atoms with van der Waals surface area (Å²) >= 11 is 5.26. The maximum atomic E-state index is 5.26. The number of rotatable bonds is 3. The van der Waals surface area contributed by atoms with Crippen molar-refractivity contribution in [2.75, 3.05) is 0 Å². The lowest BCUT2D eigenvalue weighted by molar-refractivity contribution is 0.737. The SMILES string of the molecule is CCCCCC#CC=CCl. The minimum Gasteiger partial charge on any atom is -0.0985 e. The van der Waals surface area contributed by atoms with Crippen LogP contribution in [0, 0.1) is 11.8 Å². The Labute approximate surface area is 68.3 Å². The first-order valence-corrected chi connectivity index (χ1v) is 4.09. The average Bonchev–Trinajstić information content (AvgIpc) is 1.97. The molecular formula is C9H13Cl. The van der Waals surface area contributed by atoms with Crippen LogP contribution in [0.15, 0.2) is 11.6 Å². The van der Waals surface area contributed by atoms with Crippen molar-refractivity contribution < 1.29 is 0 Å². The van der Waals surface area contributed by atoms with Gasteiger partial charge in [0.2, 0.25) is 0 Å². The third kappa shape index (κ3) is 7.59. The molecule has 0 aromatic carbocycles. The zero-order valence-electron chi connectivity index (χ0n) is 6.36. The molecule has 0 aromatic heterocycles. The number of halogens is 1. The Bertz CT molecular complexity index is 137. The van der Waals surface area contributed by atoms with Crippen molar-refractivity contribution in [3.05, 3.63) is 11.6 Å². The molecule has 0 aliphatic carbocycles. The van der Waals surface area contributed by atoms with Crippen molar-refractivity contribution >= 4 is 11.6 Å². The van der Waals surface area contributed by atoms with Crippen LogP contribution in [0.2, 0.25) is 0 Å². The van der Waals surface area contributed by atoms with Gasteiger partial charge in [-0.2, -0.15) is 0 Å². The highest BCUT2D eigenvalue weighted by Crippen LogP contribution is 1.96. The van der Waals surface area contributed by atoms with E-state index in [1.165, 1.54) is 24.8 Å². The smallest absolute Gasteiger partial charge is 0.0126 e. The minimum atomic E-state index is 0.995. The Balaban J connectivity index is 3.12. The standard InChI is InChI=1S/C9H13Cl/c1-2-3-4-5-6-7-8-9-10/h8-9H,2-5H2,1H3. The summed E-state index contributed by atoms with van der Waals surface area (Å²) in [6, 6.07) is 0. The maximum Gasteiger partial charge on any atom is 0.0126 e. The Morgan fingerprint density at radius 2 is 2.20 bits per heavy atom. The lowest BCUT2D eigenvalue weighted by atomic mass is 10.2. The van der Waals surface area contributed by atoms with Crippen molar-refractivity contribution in [1.29, 1.82) is 0 Å². The third-order valence-corrected chi connectivity index (χ3v) is 1.28. The van der Waals surface area contributed by atoms with E-state index in [-0.39, 0.29) is 0 Å². The van der Waals surface area contributed by atoms with E-state index in [2.05, 4.69) is 18.8 Å². The van der Waals surface area contributed by atoms with Gasteiger partial charge in [-0.3, -0.25) is 0 Å². The van der Waals surface area contributed by atoms with Crippen LogP contribution in [-0.4, -0.2) is 0 Å².